The first-order chi connectivity index (χ1) is 23.8. The van der Waals surface area contributed by atoms with Gasteiger partial charge in [0.25, 0.3) is 0 Å². The monoisotopic (exact) mass is 615 g/mol. The molecule has 0 saturated heterocycles. The predicted octanol–water partition coefficient (Wildman–Crippen LogP) is 11.5. The quantitative estimate of drug-likeness (QED) is 0.197. The van der Waals surface area contributed by atoms with E-state index in [0.29, 0.717) is 17.5 Å². The number of hydrogen-bond donors (Lipinski definition) is 0. The summed E-state index contributed by atoms with van der Waals surface area (Å²) in [6.07, 6.45) is 0. The Labute approximate surface area is 274 Å². The summed E-state index contributed by atoms with van der Waals surface area (Å²) in [6.45, 7) is 0. The van der Waals surface area contributed by atoms with E-state index in [1.165, 1.54) is 0 Å². The van der Waals surface area contributed by atoms with Crippen molar-refractivity contribution in [1.82, 2.24) is 15.0 Å². The Hall–Kier alpha value is -6.59. The molecule has 0 unspecified atom stereocenters. The molecule has 48 heavy (non-hydrogen) atoms. The molecule has 5 heteroatoms. The largest absolute Gasteiger partial charge is 0.456 e. The van der Waals surface area contributed by atoms with Crippen LogP contribution in [0.25, 0.3) is 99.9 Å². The number of hydrogen-bond acceptors (Lipinski definition) is 5. The Bertz CT molecular complexity index is 2780. The molecule has 0 bridgehead atoms. The SMILES string of the molecule is c1ccc(-c2nc(-c3ccccc3)nc(-c3cccc4oc5cc6ccc(-c7cccc8c7oc7ccccc78)cc6cc5c34)n2)cc1. The number of fused-ring (bicyclic) bond motifs is 7. The molecule has 0 fully saturated rings. The molecule has 0 amide bonds. The predicted molar refractivity (Wildman–Crippen MR) is 194 cm³/mol. The number of para-hydroxylation sites is 2. The van der Waals surface area contributed by atoms with E-state index in [9.17, 15) is 0 Å². The van der Waals surface area contributed by atoms with Crippen LogP contribution in [0.2, 0.25) is 0 Å². The summed E-state index contributed by atoms with van der Waals surface area (Å²) in [5, 5.41) is 6.43. The van der Waals surface area contributed by atoms with Crippen LogP contribution in [-0.4, -0.2) is 15.0 Å². The van der Waals surface area contributed by atoms with Crippen LogP contribution in [0.3, 0.4) is 0 Å². The van der Waals surface area contributed by atoms with Gasteiger partial charge in [0.2, 0.25) is 0 Å². The third kappa shape index (κ3) is 4.22. The van der Waals surface area contributed by atoms with E-state index in [1.807, 2.05) is 84.9 Å². The number of rotatable bonds is 4. The average molecular weight is 616 g/mol. The van der Waals surface area contributed by atoms with Gasteiger partial charge in [0.05, 0.1) is 0 Å². The van der Waals surface area contributed by atoms with E-state index < -0.39 is 0 Å². The first kappa shape index (κ1) is 26.6. The topological polar surface area (TPSA) is 65.0 Å². The molecule has 10 rings (SSSR count). The van der Waals surface area contributed by atoms with Crippen LogP contribution in [0.5, 0.6) is 0 Å². The Morgan fingerprint density at radius 2 is 1.00 bits per heavy atom. The summed E-state index contributed by atoms with van der Waals surface area (Å²) in [7, 11) is 0. The van der Waals surface area contributed by atoms with Crippen LogP contribution in [0.4, 0.5) is 0 Å². The van der Waals surface area contributed by atoms with E-state index >= 15 is 0 Å². The van der Waals surface area contributed by atoms with Crippen molar-refractivity contribution >= 4 is 54.6 Å². The van der Waals surface area contributed by atoms with Crippen molar-refractivity contribution in [1.29, 1.82) is 0 Å². The van der Waals surface area contributed by atoms with Crippen LogP contribution in [0, 0.1) is 0 Å². The molecule has 0 aliphatic heterocycles. The molecule has 224 valence electrons. The van der Waals surface area contributed by atoms with Crippen LogP contribution >= 0.6 is 0 Å². The minimum absolute atomic E-state index is 0.599. The standard InChI is InChI=1S/C43H25N3O2/c1-3-11-26(12-4-1)41-44-42(27-13-5-2-6-14-27)46-43(45-41)34-18-10-20-37-39(34)35-24-30-23-29(22-21-28(30)25-38(35)47-37)31-16-9-17-33-32-15-7-8-19-36(32)48-40(31)33/h1-25H. The summed E-state index contributed by atoms with van der Waals surface area (Å²) in [6, 6.07) is 51.6. The maximum atomic E-state index is 6.47. The average Bonchev–Trinajstić information content (AvgIpc) is 3.72. The second kappa shape index (κ2) is 10.5. The van der Waals surface area contributed by atoms with Crippen LogP contribution in [-0.2, 0) is 0 Å². The minimum Gasteiger partial charge on any atom is -0.456 e. The summed E-state index contributed by atoms with van der Waals surface area (Å²) in [4.78, 5) is 14.9. The molecule has 3 aromatic heterocycles. The van der Waals surface area contributed by atoms with Gasteiger partial charge in [-0.15, -0.1) is 0 Å². The third-order valence-corrected chi connectivity index (χ3v) is 9.11. The second-order valence-electron chi connectivity index (χ2n) is 12.0. The van der Waals surface area contributed by atoms with Gasteiger partial charge in [-0.3, -0.25) is 0 Å². The smallest absolute Gasteiger partial charge is 0.164 e. The normalized spacial score (nSPS) is 11.8. The van der Waals surface area contributed by atoms with Gasteiger partial charge in [-0.05, 0) is 46.7 Å². The number of aromatic nitrogens is 3. The zero-order chi connectivity index (χ0) is 31.6. The lowest BCUT2D eigenvalue weighted by Crippen LogP contribution is -2.00. The Balaban J connectivity index is 1.18. The van der Waals surface area contributed by atoms with E-state index in [4.69, 9.17) is 23.8 Å². The molecule has 0 aliphatic rings. The highest BCUT2D eigenvalue weighted by molar-refractivity contribution is 6.16. The lowest BCUT2D eigenvalue weighted by Gasteiger charge is -2.09. The van der Waals surface area contributed by atoms with Gasteiger partial charge in [0.1, 0.15) is 22.3 Å². The first-order valence-electron chi connectivity index (χ1n) is 15.9. The highest BCUT2D eigenvalue weighted by Crippen LogP contribution is 2.40. The summed E-state index contributed by atoms with van der Waals surface area (Å²) in [5.74, 6) is 1.85. The minimum atomic E-state index is 0.599. The Morgan fingerprint density at radius 3 is 1.79 bits per heavy atom. The highest BCUT2D eigenvalue weighted by atomic mass is 16.3. The molecule has 7 aromatic carbocycles. The van der Waals surface area contributed by atoms with Gasteiger partial charge in [-0.25, -0.2) is 15.0 Å². The molecule has 0 atom stereocenters. The fraction of sp³-hybridized carbons (Fsp3) is 0. The van der Waals surface area contributed by atoms with Crippen molar-refractivity contribution in [2.45, 2.75) is 0 Å². The van der Waals surface area contributed by atoms with Gasteiger partial charge in [-0.1, -0.05) is 121 Å². The Morgan fingerprint density at radius 1 is 0.354 bits per heavy atom. The van der Waals surface area contributed by atoms with Crippen LogP contribution < -0.4 is 0 Å². The fourth-order valence-corrected chi connectivity index (χ4v) is 6.83. The van der Waals surface area contributed by atoms with Crippen molar-refractivity contribution in [3.05, 3.63) is 152 Å². The fourth-order valence-electron chi connectivity index (χ4n) is 6.83. The van der Waals surface area contributed by atoms with Gasteiger partial charge in [0, 0.05) is 43.8 Å². The second-order valence-corrected chi connectivity index (χ2v) is 12.0. The molecule has 0 saturated carbocycles. The van der Waals surface area contributed by atoms with Gasteiger partial charge < -0.3 is 8.83 Å². The van der Waals surface area contributed by atoms with Gasteiger partial charge in [-0.2, -0.15) is 0 Å². The van der Waals surface area contributed by atoms with Crippen molar-refractivity contribution in [2.75, 3.05) is 0 Å². The van der Waals surface area contributed by atoms with E-state index in [-0.39, 0.29) is 0 Å². The molecular formula is C43H25N3O2. The maximum Gasteiger partial charge on any atom is 0.164 e. The summed E-state index contributed by atoms with van der Waals surface area (Å²) < 4.78 is 12.9. The molecule has 0 radical (unpaired) electrons. The van der Waals surface area contributed by atoms with Crippen molar-refractivity contribution in [3.8, 4) is 45.3 Å². The van der Waals surface area contributed by atoms with E-state index in [2.05, 4.69) is 66.7 Å². The van der Waals surface area contributed by atoms with E-state index in [0.717, 1.165) is 82.5 Å². The summed E-state index contributed by atoms with van der Waals surface area (Å²) >= 11 is 0. The number of furan rings is 2. The Kier molecular flexibility index (Phi) is 5.81. The molecule has 0 spiro atoms. The lowest BCUT2D eigenvalue weighted by molar-refractivity contribution is 0.669. The van der Waals surface area contributed by atoms with Crippen LogP contribution in [0.1, 0.15) is 0 Å². The zero-order valence-electron chi connectivity index (χ0n) is 25.6. The number of benzene rings is 7. The molecule has 5 nitrogen and oxygen atoms in total. The summed E-state index contributed by atoms with van der Waals surface area (Å²) in [5.41, 5.74) is 8.31. The molecule has 0 N–H and O–H groups in total. The first-order valence-corrected chi connectivity index (χ1v) is 15.9. The lowest BCUT2D eigenvalue weighted by atomic mass is 9.97. The van der Waals surface area contributed by atoms with Gasteiger partial charge >= 0.3 is 0 Å². The highest BCUT2D eigenvalue weighted by Gasteiger charge is 2.19. The zero-order valence-corrected chi connectivity index (χ0v) is 25.6. The molecule has 3 heterocycles. The van der Waals surface area contributed by atoms with Crippen LogP contribution in [0.15, 0.2) is 160 Å². The van der Waals surface area contributed by atoms with Crippen molar-refractivity contribution in [2.24, 2.45) is 0 Å². The molecule has 10 aromatic rings. The van der Waals surface area contributed by atoms with Crippen molar-refractivity contribution in [3.63, 3.8) is 0 Å². The molecular weight excluding hydrogens is 590 g/mol. The van der Waals surface area contributed by atoms with Gasteiger partial charge in [0.15, 0.2) is 17.5 Å². The molecule has 0 aliphatic carbocycles. The van der Waals surface area contributed by atoms with Crippen molar-refractivity contribution < 1.29 is 8.83 Å². The van der Waals surface area contributed by atoms with E-state index in [1.54, 1.807) is 0 Å². The number of nitrogens with zero attached hydrogens (tertiary/aromatic N) is 3. The third-order valence-electron chi connectivity index (χ3n) is 9.11. The maximum absolute atomic E-state index is 6.47.